The van der Waals surface area contributed by atoms with Gasteiger partial charge in [0.25, 0.3) is 5.69 Å². The van der Waals surface area contributed by atoms with Crippen LogP contribution in [0.25, 0.3) is 0 Å². The quantitative estimate of drug-likeness (QED) is 0.637. The second-order valence-corrected chi connectivity index (χ2v) is 6.09. The summed E-state index contributed by atoms with van der Waals surface area (Å²) in [5, 5.41) is 19.6. The number of hydrogen-bond donors (Lipinski definition) is 1. The SMILES string of the molecule is CN(CC(=O)O)[C@@H]1CCCN(Cc2ccc([N+](=O)[O-])cc2)CC1. The smallest absolute Gasteiger partial charge is 0.317 e. The van der Waals surface area contributed by atoms with Crippen molar-refractivity contribution < 1.29 is 14.8 Å². The lowest BCUT2D eigenvalue weighted by atomic mass is 10.1. The maximum atomic E-state index is 10.8. The van der Waals surface area contributed by atoms with Gasteiger partial charge in [0.05, 0.1) is 11.5 Å². The minimum Gasteiger partial charge on any atom is -0.480 e. The van der Waals surface area contributed by atoms with Gasteiger partial charge < -0.3 is 5.11 Å². The molecular weight excluding hydrogens is 298 g/mol. The first-order valence-electron chi connectivity index (χ1n) is 7.83. The van der Waals surface area contributed by atoms with E-state index < -0.39 is 10.9 Å². The molecule has 1 N–H and O–H groups in total. The van der Waals surface area contributed by atoms with E-state index in [4.69, 9.17) is 5.11 Å². The Morgan fingerprint density at radius 3 is 2.65 bits per heavy atom. The van der Waals surface area contributed by atoms with Crippen LogP contribution < -0.4 is 0 Å². The van der Waals surface area contributed by atoms with Crippen LogP contribution in [0.3, 0.4) is 0 Å². The number of likely N-dealkylation sites (N-methyl/N-ethyl adjacent to an activating group) is 1. The predicted molar refractivity (Wildman–Crippen MR) is 86.3 cm³/mol. The first-order chi connectivity index (χ1) is 11.0. The minimum atomic E-state index is -0.792. The second-order valence-electron chi connectivity index (χ2n) is 6.09. The van der Waals surface area contributed by atoms with Crippen LogP contribution in [-0.4, -0.2) is 58.5 Å². The lowest BCUT2D eigenvalue weighted by Crippen LogP contribution is -2.36. The molecule has 0 bridgehead atoms. The van der Waals surface area contributed by atoms with Crippen LogP contribution in [0, 0.1) is 10.1 Å². The molecule has 2 rings (SSSR count). The zero-order valence-corrected chi connectivity index (χ0v) is 13.4. The molecule has 0 amide bonds. The number of benzene rings is 1. The van der Waals surface area contributed by atoms with E-state index in [2.05, 4.69) is 4.90 Å². The summed E-state index contributed by atoms with van der Waals surface area (Å²) in [5.74, 6) is -0.792. The van der Waals surface area contributed by atoms with Crippen molar-refractivity contribution in [2.45, 2.75) is 31.8 Å². The van der Waals surface area contributed by atoms with Crippen LogP contribution in [0.15, 0.2) is 24.3 Å². The van der Waals surface area contributed by atoms with E-state index in [1.165, 1.54) is 12.1 Å². The largest absolute Gasteiger partial charge is 0.480 e. The summed E-state index contributed by atoms with van der Waals surface area (Å²) in [7, 11) is 1.87. The van der Waals surface area contributed by atoms with Crippen molar-refractivity contribution in [1.82, 2.24) is 9.80 Å². The molecular formula is C16H23N3O4. The summed E-state index contributed by atoms with van der Waals surface area (Å²) in [6.45, 7) is 2.72. The van der Waals surface area contributed by atoms with Crippen molar-refractivity contribution in [3.63, 3.8) is 0 Å². The summed E-state index contributed by atoms with van der Waals surface area (Å²) >= 11 is 0. The number of carbonyl (C=O) groups is 1. The molecule has 0 radical (unpaired) electrons. The molecule has 0 aliphatic carbocycles. The molecule has 126 valence electrons. The van der Waals surface area contributed by atoms with Gasteiger partial charge in [0.1, 0.15) is 0 Å². The minimum absolute atomic E-state index is 0.0764. The number of nitro benzene ring substituents is 1. The van der Waals surface area contributed by atoms with Gasteiger partial charge in [0.2, 0.25) is 0 Å². The van der Waals surface area contributed by atoms with Gasteiger partial charge in [-0.25, -0.2) is 0 Å². The average molecular weight is 321 g/mol. The highest BCUT2D eigenvalue weighted by molar-refractivity contribution is 5.69. The topological polar surface area (TPSA) is 86.9 Å². The fraction of sp³-hybridized carbons (Fsp3) is 0.562. The van der Waals surface area contributed by atoms with Crippen LogP contribution in [0.2, 0.25) is 0 Å². The lowest BCUT2D eigenvalue weighted by molar-refractivity contribution is -0.384. The zero-order chi connectivity index (χ0) is 16.8. The molecule has 1 aromatic rings. The van der Waals surface area contributed by atoms with Crippen molar-refractivity contribution in [2.75, 3.05) is 26.7 Å². The molecule has 1 aliphatic heterocycles. The van der Waals surface area contributed by atoms with Gasteiger partial charge in [-0.05, 0) is 45.0 Å². The Bertz CT molecular complexity index is 547. The third kappa shape index (κ3) is 5.30. The van der Waals surface area contributed by atoms with Crippen LogP contribution in [0.5, 0.6) is 0 Å². The zero-order valence-electron chi connectivity index (χ0n) is 13.4. The molecule has 1 fully saturated rings. The van der Waals surface area contributed by atoms with Crippen LogP contribution in [-0.2, 0) is 11.3 Å². The van der Waals surface area contributed by atoms with E-state index in [9.17, 15) is 14.9 Å². The number of carboxylic acids is 1. The van der Waals surface area contributed by atoms with Crippen molar-refractivity contribution in [3.8, 4) is 0 Å². The Balaban J connectivity index is 1.88. The summed E-state index contributed by atoms with van der Waals surface area (Å²) in [6.07, 6.45) is 2.97. The molecule has 1 aliphatic rings. The molecule has 1 atom stereocenters. The van der Waals surface area contributed by atoms with Gasteiger partial charge in [-0.15, -0.1) is 0 Å². The number of carboxylic acid groups (broad SMARTS) is 1. The van der Waals surface area contributed by atoms with E-state index in [1.807, 2.05) is 11.9 Å². The monoisotopic (exact) mass is 321 g/mol. The Labute approximate surface area is 135 Å². The highest BCUT2D eigenvalue weighted by Crippen LogP contribution is 2.19. The fourth-order valence-electron chi connectivity index (χ4n) is 3.06. The van der Waals surface area contributed by atoms with Crippen molar-refractivity contribution in [3.05, 3.63) is 39.9 Å². The Hall–Kier alpha value is -1.99. The fourth-order valence-corrected chi connectivity index (χ4v) is 3.06. The lowest BCUT2D eigenvalue weighted by Gasteiger charge is -2.25. The van der Waals surface area contributed by atoms with Gasteiger partial charge in [-0.3, -0.25) is 24.7 Å². The van der Waals surface area contributed by atoms with Gasteiger partial charge in [-0.1, -0.05) is 12.1 Å². The summed E-state index contributed by atoms with van der Waals surface area (Å²) in [4.78, 5) is 25.3. The molecule has 23 heavy (non-hydrogen) atoms. The molecule has 1 aromatic carbocycles. The maximum absolute atomic E-state index is 10.8. The number of nitro groups is 1. The highest BCUT2D eigenvalue weighted by Gasteiger charge is 2.21. The number of nitrogens with zero attached hydrogens (tertiary/aromatic N) is 3. The third-order valence-electron chi connectivity index (χ3n) is 4.35. The first-order valence-corrected chi connectivity index (χ1v) is 7.83. The molecule has 7 nitrogen and oxygen atoms in total. The van der Waals surface area contributed by atoms with Gasteiger partial charge in [-0.2, -0.15) is 0 Å². The van der Waals surface area contributed by atoms with Crippen LogP contribution >= 0.6 is 0 Å². The number of non-ortho nitro benzene ring substituents is 1. The maximum Gasteiger partial charge on any atom is 0.317 e. The van der Waals surface area contributed by atoms with E-state index >= 15 is 0 Å². The average Bonchev–Trinajstić information content (AvgIpc) is 2.73. The normalized spacial score (nSPS) is 19.5. The molecule has 0 saturated carbocycles. The number of rotatable bonds is 6. The highest BCUT2D eigenvalue weighted by atomic mass is 16.6. The predicted octanol–water partition coefficient (Wildman–Crippen LogP) is 1.97. The van der Waals surface area contributed by atoms with Crippen molar-refractivity contribution >= 4 is 11.7 Å². The first kappa shape index (κ1) is 17.4. The number of hydrogen-bond acceptors (Lipinski definition) is 5. The number of likely N-dealkylation sites (tertiary alicyclic amines) is 1. The standard InChI is InChI=1S/C16H23N3O4/c1-17(12-16(20)21)14-3-2-9-18(10-8-14)11-13-4-6-15(7-5-13)19(22)23/h4-7,14H,2-3,8-12H2,1H3,(H,20,21)/t14-/m1/s1. The molecule has 0 spiro atoms. The van der Waals surface area contributed by atoms with E-state index in [0.717, 1.165) is 44.5 Å². The molecule has 0 unspecified atom stereocenters. The molecule has 1 saturated heterocycles. The van der Waals surface area contributed by atoms with E-state index in [1.54, 1.807) is 12.1 Å². The van der Waals surface area contributed by atoms with Gasteiger partial charge >= 0.3 is 5.97 Å². The second kappa shape index (κ2) is 8.03. The Kier molecular flexibility index (Phi) is 6.06. The van der Waals surface area contributed by atoms with E-state index in [-0.39, 0.29) is 12.2 Å². The molecule has 7 heteroatoms. The van der Waals surface area contributed by atoms with Crippen molar-refractivity contribution in [1.29, 1.82) is 0 Å². The summed E-state index contributed by atoms with van der Waals surface area (Å²) in [6, 6.07) is 6.98. The van der Waals surface area contributed by atoms with Gasteiger partial charge in [0, 0.05) is 24.7 Å². The Morgan fingerprint density at radius 1 is 1.35 bits per heavy atom. The molecule has 0 aromatic heterocycles. The van der Waals surface area contributed by atoms with Crippen molar-refractivity contribution in [2.24, 2.45) is 0 Å². The summed E-state index contributed by atoms with van der Waals surface area (Å²) in [5.41, 5.74) is 1.17. The van der Waals surface area contributed by atoms with E-state index in [0.29, 0.717) is 6.04 Å². The summed E-state index contributed by atoms with van der Waals surface area (Å²) < 4.78 is 0. The van der Waals surface area contributed by atoms with Crippen LogP contribution in [0.4, 0.5) is 5.69 Å². The Morgan fingerprint density at radius 2 is 2.04 bits per heavy atom. The van der Waals surface area contributed by atoms with Crippen LogP contribution in [0.1, 0.15) is 24.8 Å². The number of aliphatic carboxylic acids is 1. The van der Waals surface area contributed by atoms with Gasteiger partial charge in [0.15, 0.2) is 0 Å². The molecule has 1 heterocycles. The third-order valence-corrected chi connectivity index (χ3v) is 4.35.